The summed E-state index contributed by atoms with van der Waals surface area (Å²) in [5.41, 5.74) is 2.28. The molecule has 0 spiro atoms. The summed E-state index contributed by atoms with van der Waals surface area (Å²) < 4.78 is 10.8. The van der Waals surface area contributed by atoms with Gasteiger partial charge in [-0.25, -0.2) is 0 Å². The van der Waals surface area contributed by atoms with E-state index in [-0.39, 0.29) is 6.04 Å². The van der Waals surface area contributed by atoms with Gasteiger partial charge in [-0.05, 0) is 50.8 Å². The Balaban J connectivity index is 2.09. The first-order chi connectivity index (χ1) is 10.1. The molecular formula is C17H24N2O2. The second-order valence-electron chi connectivity index (χ2n) is 5.60. The molecule has 0 fully saturated rings. The summed E-state index contributed by atoms with van der Waals surface area (Å²) in [7, 11) is 5.83. The van der Waals surface area contributed by atoms with Gasteiger partial charge in [-0.15, -0.1) is 0 Å². The lowest BCUT2D eigenvalue weighted by molar-refractivity contribution is 0.400. The first-order valence-corrected chi connectivity index (χ1v) is 7.19. The maximum Gasteiger partial charge on any atom is 0.141 e. The molecule has 0 aliphatic rings. The molecule has 114 valence electrons. The van der Waals surface area contributed by atoms with Gasteiger partial charge in [-0.3, -0.25) is 0 Å². The molecule has 0 amide bonds. The van der Waals surface area contributed by atoms with Gasteiger partial charge in [0.25, 0.3) is 0 Å². The van der Waals surface area contributed by atoms with Crippen molar-refractivity contribution in [2.24, 2.45) is 0 Å². The first kappa shape index (κ1) is 15.4. The van der Waals surface area contributed by atoms with Crippen molar-refractivity contribution in [3.8, 4) is 5.75 Å². The van der Waals surface area contributed by atoms with Crippen LogP contribution in [0.1, 0.15) is 18.2 Å². The average Bonchev–Trinajstić information content (AvgIpc) is 2.91. The highest BCUT2D eigenvalue weighted by molar-refractivity contribution is 5.58. The highest BCUT2D eigenvalue weighted by Gasteiger charge is 2.10. The summed E-state index contributed by atoms with van der Waals surface area (Å²) in [6.07, 6.45) is 2.55. The summed E-state index contributed by atoms with van der Waals surface area (Å²) in [4.78, 5) is 2.15. The van der Waals surface area contributed by atoms with Gasteiger partial charge in [0.1, 0.15) is 11.5 Å². The number of ether oxygens (including phenoxy) is 1. The van der Waals surface area contributed by atoms with E-state index in [9.17, 15) is 0 Å². The topological polar surface area (TPSA) is 37.6 Å². The van der Waals surface area contributed by atoms with Crippen LogP contribution in [-0.4, -0.2) is 32.1 Å². The number of methoxy groups -OCH3 is 1. The molecule has 1 atom stereocenters. The van der Waals surface area contributed by atoms with Crippen LogP contribution in [0, 0.1) is 0 Å². The Morgan fingerprint density at radius 2 is 2.10 bits per heavy atom. The standard InChI is InChI=1S/C17H24N2O2/c1-13(10-15-6-5-9-21-15)18-16-11-14(12-19(2)3)7-8-17(16)20-4/h5-9,11,13,18H,10,12H2,1-4H3. The van der Waals surface area contributed by atoms with Crippen molar-refractivity contribution < 1.29 is 9.15 Å². The minimum Gasteiger partial charge on any atom is -0.495 e. The minimum atomic E-state index is 0.264. The van der Waals surface area contributed by atoms with Crippen molar-refractivity contribution in [3.63, 3.8) is 0 Å². The first-order valence-electron chi connectivity index (χ1n) is 7.19. The van der Waals surface area contributed by atoms with Crippen LogP contribution in [-0.2, 0) is 13.0 Å². The van der Waals surface area contributed by atoms with Gasteiger partial charge >= 0.3 is 0 Å². The Morgan fingerprint density at radius 1 is 1.29 bits per heavy atom. The van der Waals surface area contributed by atoms with Crippen LogP contribution in [0.15, 0.2) is 41.0 Å². The molecule has 0 saturated heterocycles. The predicted octanol–water partition coefficient (Wildman–Crippen LogP) is 3.39. The Hall–Kier alpha value is -1.94. The molecule has 4 heteroatoms. The molecule has 1 heterocycles. The summed E-state index contributed by atoms with van der Waals surface area (Å²) in [6, 6.07) is 10.4. The van der Waals surface area contributed by atoms with E-state index in [2.05, 4.69) is 43.4 Å². The highest BCUT2D eigenvalue weighted by atomic mass is 16.5. The summed E-state index contributed by atoms with van der Waals surface area (Å²) in [6.45, 7) is 3.05. The molecule has 0 aliphatic heterocycles. The van der Waals surface area contributed by atoms with E-state index in [1.807, 2.05) is 18.2 Å². The van der Waals surface area contributed by atoms with Crippen LogP contribution in [0.5, 0.6) is 5.75 Å². The minimum absolute atomic E-state index is 0.264. The normalized spacial score (nSPS) is 12.4. The van der Waals surface area contributed by atoms with Gasteiger partial charge in [0.2, 0.25) is 0 Å². The maximum atomic E-state index is 5.44. The number of hydrogen-bond donors (Lipinski definition) is 1. The van der Waals surface area contributed by atoms with E-state index in [1.54, 1.807) is 13.4 Å². The smallest absolute Gasteiger partial charge is 0.141 e. The monoisotopic (exact) mass is 288 g/mol. The van der Waals surface area contributed by atoms with Gasteiger partial charge in [0.15, 0.2) is 0 Å². The fourth-order valence-corrected chi connectivity index (χ4v) is 2.38. The van der Waals surface area contributed by atoms with E-state index in [4.69, 9.17) is 9.15 Å². The van der Waals surface area contributed by atoms with E-state index < -0.39 is 0 Å². The van der Waals surface area contributed by atoms with Crippen molar-refractivity contribution >= 4 is 5.69 Å². The lowest BCUT2D eigenvalue weighted by atomic mass is 10.1. The quantitative estimate of drug-likeness (QED) is 0.847. The number of hydrogen-bond acceptors (Lipinski definition) is 4. The van der Waals surface area contributed by atoms with Crippen LogP contribution in [0.25, 0.3) is 0 Å². The number of furan rings is 1. The SMILES string of the molecule is COc1ccc(CN(C)C)cc1NC(C)Cc1ccco1. The molecule has 4 nitrogen and oxygen atoms in total. The third kappa shape index (κ3) is 4.53. The van der Waals surface area contributed by atoms with Gasteiger partial charge in [-0.1, -0.05) is 6.07 Å². The number of anilines is 1. The van der Waals surface area contributed by atoms with Crippen LogP contribution in [0.3, 0.4) is 0 Å². The Kier molecular flexibility index (Phi) is 5.28. The molecule has 1 unspecified atom stereocenters. The zero-order valence-corrected chi connectivity index (χ0v) is 13.2. The van der Waals surface area contributed by atoms with Gasteiger partial charge in [0, 0.05) is 19.0 Å². The lowest BCUT2D eigenvalue weighted by Gasteiger charge is -2.18. The molecule has 21 heavy (non-hydrogen) atoms. The molecule has 0 radical (unpaired) electrons. The van der Waals surface area contributed by atoms with Crippen LogP contribution >= 0.6 is 0 Å². The number of benzene rings is 1. The molecule has 1 N–H and O–H groups in total. The van der Waals surface area contributed by atoms with Crippen molar-refractivity contribution in [2.75, 3.05) is 26.5 Å². The summed E-state index contributed by atoms with van der Waals surface area (Å²) >= 11 is 0. The molecular weight excluding hydrogens is 264 g/mol. The third-order valence-corrected chi connectivity index (χ3v) is 3.25. The molecule has 0 saturated carbocycles. The second-order valence-corrected chi connectivity index (χ2v) is 5.60. The van der Waals surface area contributed by atoms with Gasteiger partial charge in [0.05, 0.1) is 19.1 Å². The van der Waals surface area contributed by atoms with Crippen molar-refractivity contribution in [2.45, 2.75) is 25.9 Å². The van der Waals surface area contributed by atoms with Crippen molar-refractivity contribution in [1.82, 2.24) is 4.90 Å². The second kappa shape index (κ2) is 7.18. The van der Waals surface area contributed by atoms with Crippen molar-refractivity contribution in [1.29, 1.82) is 0 Å². The zero-order chi connectivity index (χ0) is 15.2. The molecule has 0 aliphatic carbocycles. The number of nitrogens with one attached hydrogen (secondary N) is 1. The van der Waals surface area contributed by atoms with Crippen LogP contribution < -0.4 is 10.1 Å². The average molecular weight is 288 g/mol. The lowest BCUT2D eigenvalue weighted by Crippen LogP contribution is -2.18. The van der Waals surface area contributed by atoms with Gasteiger partial charge < -0.3 is 19.4 Å². The number of nitrogens with zero attached hydrogens (tertiary/aromatic N) is 1. The van der Waals surface area contributed by atoms with Gasteiger partial charge in [-0.2, -0.15) is 0 Å². The zero-order valence-electron chi connectivity index (χ0n) is 13.2. The predicted molar refractivity (Wildman–Crippen MR) is 85.9 cm³/mol. The maximum absolute atomic E-state index is 5.44. The highest BCUT2D eigenvalue weighted by Crippen LogP contribution is 2.27. The van der Waals surface area contributed by atoms with E-state index >= 15 is 0 Å². The Bertz CT molecular complexity index is 550. The third-order valence-electron chi connectivity index (χ3n) is 3.25. The van der Waals surface area contributed by atoms with Crippen molar-refractivity contribution in [3.05, 3.63) is 47.9 Å². The Labute approximate surface area is 126 Å². The summed E-state index contributed by atoms with van der Waals surface area (Å²) in [5, 5.41) is 3.51. The molecule has 2 aromatic rings. The fourth-order valence-electron chi connectivity index (χ4n) is 2.38. The molecule has 0 bridgehead atoms. The summed E-state index contributed by atoms with van der Waals surface area (Å²) in [5.74, 6) is 1.85. The number of rotatable bonds is 7. The van der Waals surface area contributed by atoms with E-state index in [0.717, 1.165) is 30.2 Å². The van der Waals surface area contributed by atoms with E-state index in [0.29, 0.717) is 0 Å². The Morgan fingerprint density at radius 3 is 2.71 bits per heavy atom. The van der Waals surface area contributed by atoms with Crippen LogP contribution in [0.2, 0.25) is 0 Å². The molecule has 1 aromatic heterocycles. The molecule has 2 rings (SSSR count). The largest absolute Gasteiger partial charge is 0.495 e. The van der Waals surface area contributed by atoms with Crippen LogP contribution in [0.4, 0.5) is 5.69 Å². The fraction of sp³-hybridized carbons (Fsp3) is 0.412. The van der Waals surface area contributed by atoms with E-state index in [1.165, 1.54) is 5.56 Å². The molecule has 1 aromatic carbocycles.